The minimum Gasteiger partial charge on any atom is -0.460 e. The zero-order valence-corrected chi connectivity index (χ0v) is 21.8. The summed E-state index contributed by atoms with van der Waals surface area (Å²) in [5, 5.41) is 13.0. The van der Waals surface area contributed by atoms with Crippen molar-refractivity contribution in [3.05, 3.63) is 88.7 Å². The fourth-order valence-corrected chi connectivity index (χ4v) is 5.22. The van der Waals surface area contributed by atoms with Gasteiger partial charge in [-0.3, -0.25) is 13.9 Å². The Morgan fingerprint density at radius 3 is 2.67 bits per heavy atom. The average molecular weight is 562 g/mol. The second-order valence-corrected chi connectivity index (χ2v) is 10.5. The number of halogens is 1. The van der Waals surface area contributed by atoms with Crippen molar-refractivity contribution in [2.45, 2.75) is 44.4 Å². The summed E-state index contributed by atoms with van der Waals surface area (Å²) >= 11 is 0. The van der Waals surface area contributed by atoms with Gasteiger partial charge >= 0.3 is 19.4 Å². The van der Waals surface area contributed by atoms with Gasteiger partial charge in [0.25, 0.3) is 0 Å². The van der Waals surface area contributed by atoms with Crippen LogP contribution in [0.4, 0.5) is 10.2 Å². The van der Waals surface area contributed by atoms with Crippen LogP contribution in [0.2, 0.25) is 0 Å². The maximum absolute atomic E-state index is 13.7. The van der Waals surface area contributed by atoms with Gasteiger partial charge < -0.3 is 24.8 Å². The van der Waals surface area contributed by atoms with E-state index >= 15 is 0 Å². The zero-order chi connectivity index (χ0) is 28.0. The van der Waals surface area contributed by atoms with E-state index in [0.29, 0.717) is 0 Å². The normalized spacial score (nSPS) is 21.2. The number of nitrogen functional groups attached to an aromatic ring is 1. The van der Waals surface area contributed by atoms with Crippen molar-refractivity contribution in [1.29, 1.82) is 0 Å². The monoisotopic (exact) mass is 562 g/mol. The molecule has 14 heteroatoms. The Kier molecular flexibility index (Phi) is 9.10. The summed E-state index contributed by atoms with van der Waals surface area (Å²) in [6.45, 7) is 0.972. The highest BCUT2D eigenvalue weighted by atomic mass is 31.2. The molecule has 1 saturated heterocycles. The number of hydrogen-bond acceptors (Lipinski definition) is 10. The van der Waals surface area contributed by atoms with Gasteiger partial charge in [0.15, 0.2) is 0 Å². The molecule has 208 valence electrons. The van der Waals surface area contributed by atoms with Gasteiger partial charge in [0.1, 0.15) is 42.4 Å². The van der Waals surface area contributed by atoms with E-state index in [0.717, 1.165) is 22.3 Å². The molecule has 39 heavy (non-hydrogen) atoms. The van der Waals surface area contributed by atoms with E-state index in [1.807, 2.05) is 6.07 Å². The van der Waals surface area contributed by atoms with Gasteiger partial charge in [0, 0.05) is 12.6 Å². The molecule has 0 spiro atoms. The van der Waals surface area contributed by atoms with E-state index in [-0.39, 0.29) is 24.6 Å². The summed E-state index contributed by atoms with van der Waals surface area (Å²) in [5.74, 6) is -1.22. The first-order valence-corrected chi connectivity index (χ1v) is 13.5. The Morgan fingerprint density at radius 1 is 1.26 bits per heavy atom. The highest BCUT2D eigenvalue weighted by Crippen LogP contribution is 2.46. The lowest BCUT2D eigenvalue weighted by Crippen LogP contribution is -2.36. The number of hydrogen-bond donors (Lipinski definition) is 3. The van der Waals surface area contributed by atoms with E-state index in [9.17, 15) is 23.7 Å². The summed E-state index contributed by atoms with van der Waals surface area (Å²) in [6.07, 6.45) is -1.55. The number of esters is 1. The van der Waals surface area contributed by atoms with Gasteiger partial charge in [-0.15, -0.1) is 0 Å². The van der Waals surface area contributed by atoms with Crippen LogP contribution in [-0.4, -0.2) is 45.5 Å². The maximum Gasteiger partial charge on any atom is 0.459 e. The number of nitrogens with zero attached hydrogens (tertiary/aromatic N) is 2. The lowest BCUT2D eigenvalue weighted by Gasteiger charge is -2.24. The first kappa shape index (κ1) is 28.4. The fraction of sp³-hybridized carbons (Fsp3) is 0.320. The number of aromatic nitrogens is 2. The smallest absolute Gasteiger partial charge is 0.459 e. The van der Waals surface area contributed by atoms with Crippen LogP contribution in [0.5, 0.6) is 5.75 Å². The number of rotatable bonds is 11. The van der Waals surface area contributed by atoms with Crippen molar-refractivity contribution < 1.29 is 37.4 Å². The van der Waals surface area contributed by atoms with E-state index in [2.05, 4.69) is 10.1 Å². The molecular weight excluding hydrogens is 534 g/mol. The number of nitrogens with two attached hydrogens (primary N) is 1. The first-order valence-electron chi connectivity index (χ1n) is 12.0. The van der Waals surface area contributed by atoms with Gasteiger partial charge in [-0.05, 0) is 42.8 Å². The molecule has 4 rings (SSSR count). The molecule has 1 aliphatic rings. The second-order valence-electron chi connectivity index (χ2n) is 8.76. The molecular formula is C25H28FN4O8P. The van der Waals surface area contributed by atoms with Gasteiger partial charge in [0.2, 0.25) is 0 Å². The minimum atomic E-state index is -4.31. The van der Waals surface area contributed by atoms with E-state index < -0.39 is 56.3 Å². The van der Waals surface area contributed by atoms with Gasteiger partial charge in [0.05, 0.1) is 12.7 Å². The highest BCUT2D eigenvalue weighted by Gasteiger charge is 2.39. The Hall–Kier alpha value is -3.61. The third-order valence-corrected chi connectivity index (χ3v) is 7.39. The van der Waals surface area contributed by atoms with Crippen LogP contribution in [0.15, 0.2) is 71.7 Å². The molecule has 1 aromatic heterocycles. The first-order chi connectivity index (χ1) is 18.6. The largest absolute Gasteiger partial charge is 0.460 e. The number of carbonyl (C=O) groups is 1. The lowest BCUT2D eigenvalue weighted by atomic mass is 10.2. The second kappa shape index (κ2) is 12.5. The molecule has 0 bridgehead atoms. The van der Waals surface area contributed by atoms with Crippen molar-refractivity contribution in [2.24, 2.45) is 0 Å². The molecule has 2 heterocycles. The number of aliphatic hydroxyl groups is 1. The molecule has 2 unspecified atom stereocenters. The molecule has 0 amide bonds. The van der Waals surface area contributed by atoms with E-state index in [4.69, 9.17) is 24.3 Å². The fourth-order valence-electron chi connectivity index (χ4n) is 3.72. The third-order valence-electron chi connectivity index (χ3n) is 5.74. The molecule has 0 saturated carbocycles. The molecule has 12 nitrogen and oxygen atoms in total. The standard InChI is InChI=1S/C25H28FN4O8P/c1-16(24(32)35-14-17-5-3-2-4-6-17)29-39(34,38-19-9-7-18(26)8-10-19)36-15-21-20(31)13-23(37-21)30-12-11-22(27)28-25(30)33/h2-12,16,20-21,23,31H,13-15H2,1H3,(H,29,34)(H2,27,28,33)/t16-,20+,21?,23+,39?/m0/s1. The van der Waals surface area contributed by atoms with Gasteiger partial charge in [-0.1, -0.05) is 30.3 Å². The number of benzene rings is 2. The number of anilines is 1. The third kappa shape index (κ3) is 7.71. The molecule has 0 aliphatic carbocycles. The van der Waals surface area contributed by atoms with Crippen molar-refractivity contribution >= 4 is 19.5 Å². The van der Waals surface area contributed by atoms with Crippen molar-refractivity contribution in [3.8, 4) is 5.75 Å². The number of aliphatic hydroxyl groups excluding tert-OH is 1. The zero-order valence-electron chi connectivity index (χ0n) is 20.9. The lowest BCUT2D eigenvalue weighted by molar-refractivity contribution is -0.146. The predicted octanol–water partition coefficient (Wildman–Crippen LogP) is 2.54. The predicted molar refractivity (Wildman–Crippen MR) is 137 cm³/mol. The molecule has 3 aromatic rings. The van der Waals surface area contributed by atoms with Crippen LogP contribution in [0.3, 0.4) is 0 Å². The van der Waals surface area contributed by atoms with Crippen LogP contribution < -0.4 is 21.0 Å². The molecule has 4 N–H and O–H groups in total. The highest BCUT2D eigenvalue weighted by molar-refractivity contribution is 7.52. The Morgan fingerprint density at radius 2 is 1.97 bits per heavy atom. The Bertz CT molecular complexity index is 1370. The number of ether oxygens (including phenoxy) is 2. The number of nitrogens with one attached hydrogen (secondary N) is 1. The minimum absolute atomic E-state index is 0.00146. The SMILES string of the molecule is C[C@H](NP(=O)(OCC1O[C@@H](n2ccc(N)nc2=O)C[C@H]1O)Oc1ccc(F)cc1)C(=O)OCc1ccccc1. The topological polar surface area (TPSA) is 164 Å². The molecule has 1 aliphatic heterocycles. The molecule has 0 radical (unpaired) electrons. The Balaban J connectivity index is 1.43. The van der Waals surface area contributed by atoms with Crippen LogP contribution >= 0.6 is 7.75 Å². The molecule has 5 atom stereocenters. The van der Waals surface area contributed by atoms with Crippen LogP contribution in [-0.2, 0) is 30.0 Å². The summed E-state index contributed by atoms with van der Waals surface area (Å²) in [7, 11) is -4.31. The number of carbonyl (C=O) groups excluding carboxylic acids is 1. The summed E-state index contributed by atoms with van der Waals surface area (Å²) in [5.41, 5.74) is 5.62. The van der Waals surface area contributed by atoms with Gasteiger partial charge in [-0.2, -0.15) is 10.1 Å². The quantitative estimate of drug-likeness (QED) is 0.232. The van der Waals surface area contributed by atoms with Crippen molar-refractivity contribution in [3.63, 3.8) is 0 Å². The van der Waals surface area contributed by atoms with Crippen molar-refractivity contribution in [1.82, 2.24) is 14.6 Å². The Labute approximate surface area is 223 Å². The van der Waals surface area contributed by atoms with Crippen molar-refractivity contribution in [2.75, 3.05) is 12.3 Å². The van der Waals surface area contributed by atoms with Crippen LogP contribution in [0, 0.1) is 5.82 Å². The summed E-state index contributed by atoms with van der Waals surface area (Å²) in [4.78, 5) is 28.4. The van der Waals surface area contributed by atoms with Gasteiger partial charge in [-0.25, -0.2) is 13.8 Å². The average Bonchev–Trinajstić information content (AvgIpc) is 3.28. The van der Waals surface area contributed by atoms with Crippen LogP contribution in [0.25, 0.3) is 0 Å². The maximum atomic E-state index is 13.7. The molecule has 2 aromatic carbocycles. The van der Waals surface area contributed by atoms with E-state index in [1.165, 1.54) is 31.3 Å². The van der Waals surface area contributed by atoms with E-state index in [1.54, 1.807) is 24.3 Å². The summed E-state index contributed by atoms with van der Waals surface area (Å²) < 4.78 is 50.3. The van der Waals surface area contributed by atoms with Crippen LogP contribution in [0.1, 0.15) is 25.1 Å². The summed E-state index contributed by atoms with van der Waals surface area (Å²) in [6, 6.07) is 13.9. The molecule has 1 fully saturated rings.